The molecule has 1 aromatic rings. The SMILES string of the molecule is [C-]#[N+]c1ccc(C=O)c(N(C)C)c1. The number of hydrogen-bond donors (Lipinski definition) is 0. The minimum atomic E-state index is 0.550. The molecule has 0 atom stereocenters. The van der Waals surface area contributed by atoms with Crippen LogP contribution in [0.4, 0.5) is 11.4 Å². The summed E-state index contributed by atoms with van der Waals surface area (Å²) in [7, 11) is 3.69. The maximum atomic E-state index is 10.6. The molecule has 0 aliphatic carbocycles. The molecule has 1 rings (SSSR count). The molecule has 1 aromatic carbocycles. The van der Waals surface area contributed by atoms with Gasteiger partial charge in [0, 0.05) is 25.3 Å². The Balaban J connectivity index is 3.27. The molecular weight excluding hydrogens is 164 g/mol. The zero-order chi connectivity index (χ0) is 9.84. The van der Waals surface area contributed by atoms with E-state index in [0.717, 1.165) is 12.0 Å². The molecule has 0 unspecified atom stereocenters. The fourth-order valence-electron chi connectivity index (χ4n) is 1.09. The van der Waals surface area contributed by atoms with Gasteiger partial charge >= 0.3 is 0 Å². The lowest BCUT2D eigenvalue weighted by Gasteiger charge is -2.14. The molecule has 13 heavy (non-hydrogen) atoms. The van der Waals surface area contributed by atoms with Crippen molar-refractivity contribution in [2.75, 3.05) is 19.0 Å². The number of nitrogens with zero attached hydrogens (tertiary/aromatic N) is 2. The Labute approximate surface area is 77.4 Å². The molecule has 3 heteroatoms. The molecule has 0 aromatic heterocycles. The molecule has 0 aliphatic heterocycles. The lowest BCUT2D eigenvalue weighted by atomic mass is 10.1. The normalized spacial score (nSPS) is 9.00. The molecule has 0 amide bonds. The summed E-state index contributed by atoms with van der Waals surface area (Å²) in [4.78, 5) is 15.7. The lowest BCUT2D eigenvalue weighted by Crippen LogP contribution is -2.10. The van der Waals surface area contributed by atoms with Crippen LogP contribution in [0.25, 0.3) is 4.85 Å². The highest BCUT2D eigenvalue weighted by molar-refractivity contribution is 5.86. The summed E-state index contributed by atoms with van der Waals surface area (Å²) in [5, 5.41) is 0. The predicted octanol–water partition coefficient (Wildman–Crippen LogP) is 2.12. The van der Waals surface area contributed by atoms with Crippen molar-refractivity contribution in [3.05, 3.63) is 35.2 Å². The molecule has 0 bridgehead atoms. The van der Waals surface area contributed by atoms with Crippen LogP contribution in [0, 0.1) is 6.57 Å². The largest absolute Gasteiger partial charge is 0.378 e. The van der Waals surface area contributed by atoms with Gasteiger partial charge in [0.1, 0.15) is 0 Å². The summed E-state index contributed by atoms with van der Waals surface area (Å²) in [6, 6.07) is 5.01. The van der Waals surface area contributed by atoms with Crippen molar-refractivity contribution in [2.45, 2.75) is 0 Å². The topological polar surface area (TPSA) is 24.7 Å². The molecule has 0 saturated carbocycles. The quantitative estimate of drug-likeness (QED) is 0.506. The molecule has 0 aliphatic rings. The van der Waals surface area contributed by atoms with Crippen LogP contribution in [0.2, 0.25) is 0 Å². The highest BCUT2D eigenvalue weighted by Gasteiger charge is 2.04. The molecule has 0 spiro atoms. The van der Waals surface area contributed by atoms with Crippen molar-refractivity contribution in [3.8, 4) is 0 Å². The Kier molecular flexibility index (Phi) is 2.65. The molecule has 0 fully saturated rings. The van der Waals surface area contributed by atoms with Gasteiger partial charge in [-0.2, -0.15) is 0 Å². The number of carbonyl (C=O) groups is 1. The number of hydrogen-bond acceptors (Lipinski definition) is 2. The molecular formula is C10H10N2O. The summed E-state index contributed by atoms with van der Waals surface area (Å²) < 4.78 is 0. The summed E-state index contributed by atoms with van der Waals surface area (Å²) in [6.07, 6.45) is 0.795. The number of aldehydes is 1. The van der Waals surface area contributed by atoms with Crippen molar-refractivity contribution in [3.63, 3.8) is 0 Å². The van der Waals surface area contributed by atoms with Gasteiger partial charge in [0.15, 0.2) is 12.0 Å². The van der Waals surface area contributed by atoms with Crippen LogP contribution in [-0.4, -0.2) is 20.4 Å². The van der Waals surface area contributed by atoms with Crippen molar-refractivity contribution in [2.24, 2.45) is 0 Å². The van der Waals surface area contributed by atoms with Crippen LogP contribution >= 0.6 is 0 Å². The van der Waals surface area contributed by atoms with E-state index in [-0.39, 0.29) is 0 Å². The van der Waals surface area contributed by atoms with Crippen molar-refractivity contribution in [1.29, 1.82) is 0 Å². The van der Waals surface area contributed by atoms with Gasteiger partial charge in [0.2, 0.25) is 0 Å². The van der Waals surface area contributed by atoms with Crippen molar-refractivity contribution < 1.29 is 4.79 Å². The number of benzene rings is 1. The average Bonchev–Trinajstić information content (AvgIpc) is 2.16. The smallest absolute Gasteiger partial charge is 0.189 e. The van der Waals surface area contributed by atoms with E-state index in [1.807, 2.05) is 19.0 Å². The van der Waals surface area contributed by atoms with Gasteiger partial charge in [-0.25, -0.2) is 4.85 Å². The molecule has 0 radical (unpaired) electrons. The van der Waals surface area contributed by atoms with E-state index in [1.54, 1.807) is 18.2 Å². The maximum Gasteiger partial charge on any atom is 0.189 e. The van der Waals surface area contributed by atoms with Crippen LogP contribution in [0.5, 0.6) is 0 Å². The third kappa shape index (κ3) is 1.85. The van der Waals surface area contributed by atoms with Gasteiger partial charge in [0.25, 0.3) is 0 Å². The standard InChI is InChI=1S/C10H10N2O/c1-11-9-5-4-8(7-13)10(6-9)12(2)3/h4-7H,2-3H3. The van der Waals surface area contributed by atoms with Crippen LogP contribution in [0.1, 0.15) is 10.4 Å². The lowest BCUT2D eigenvalue weighted by molar-refractivity contribution is 0.112. The van der Waals surface area contributed by atoms with Gasteiger partial charge < -0.3 is 4.90 Å². The van der Waals surface area contributed by atoms with Gasteiger partial charge in [-0.1, -0.05) is 12.1 Å². The van der Waals surface area contributed by atoms with Crippen LogP contribution < -0.4 is 4.90 Å². The first kappa shape index (κ1) is 9.27. The van der Waals surface area contributed by atoms with Gasteiger partial charge in [-0.15, -0.1) is 0 Å². The van der Waals surface area contributed by atoms with Crippen LogP contribution in [0.15, 0.2) is 18.2 Å². The van der Waals surface area contributed by atoms with Crippen molar-refractivity contribution in [1.82, 2.24) is 0 Å². The molecule has 0 heterocycles. The third-order valence-corrected chi connectivity index (χ3v) is 1.75. The molecule has 0 saturated heterocycles. The second-order valence-electron chi connectivity index (χ2n) is 2.87. The van der Waals surface area contributed by atoms with Gasteiger partial charge in [0.05, 0.1) is 6.57 Å². The molecule has 66 valence electrons. The molecule has 0 N–H and O–H groups in total. The van der Waals surface area contributed by atoms with E-state index in [2.05, 4.69) is 4.85 Å². The number of carbonyl (C=O) groups excluding carboxylic acids is 1. The highest BCUT2D eigenvalue weighted by Crippen LogP contribution is 2.23. The average molecular weight is 174 g/mol. The minimum absolute atomic E-state index is 0.550. The van der Waals surface area contributed by atoms with E-state index in [1.165, 1.54) is 0 Å². The number of rotatable bonds is 2. The highest BCUT2D eigenvalue weighted by atomic mass is 16.1. The zero-order valence-corrected chi connectivity index (χ0v) is 7.61. The Hall–Kier alpha value is -1.82. The summed E-state index contributed by atoms with van der Waals surface area (Å²) in [5.74, 6) is 0. The van der Waals surface area contributed by atoms with Crippen LogP contribution in [-0.2, 0) is 0 Å². The third-order valence-electron chi connectivity index (χ3n) is 1.75. The second-order valence-corrected chi connectivity index (χ2v) is 2.87. The predicted molar refractivity (Wildman–Crippen MR) is 52.4 cm³/mol. The first-order chi connectivity index (χ1) is 6.19. The minimum Gasteiger partial charge on any atom is -0.378 e. The van der Waals surface area contributed by atoms with E-state index >= 15 is 0 Å². The first-order valence-electron chi connectivity index (χ1n) is 3.83. The zero-order valence-electron chi connectivity index (χ0n) is 7.61. The monoisotopic (exact) mass is 174 g/mol. The fourth-order valence-corrected chi connectivity index (χ4v) is 1.09. The van der Waals surface area contributed by atoms with E-state index in [0.29, 0.717) is 11.3 Å². The summed E-state index contributed by atoms with van der Waals surface area (Å²) in [5.41, 5.74) is 1.94. The van der Waals surface area contributed by atoms with Crippen molar-refractivity contribution >= 4 is 17.7 Å². The molecule has 3 nitrogen and oxygen atoms in total. The second kappa shape index (κ2) is 3.72. The van der Waals surface area contributed by atoms with Gasteiger partial charge in [-0.05, 0) is 6.07 Å². The van der Waals surface area contributed by atoms with Crippen LogP contribution in [0.3, 0.4) is 0 Å². The Morgan fingerprint density at radius 2 is 2.15 bits per heavy atom. The van der Waals surface area contributed by atoms with E-state index < -0.39 is 0 Å². The Morgan fingerprint density at radius 3 is 2.62 bits per heavy atom. The fraction of sp³-hybridized carbons (Fsp3) is 0.200. The Morgan fingerprint density at radius 1 is 1.46 bits per heavy atom. The summed E-state index contributed by atoms with van der Waals surface area (Å²) >= 11 is 0. The van der Waals surface area contributed by atoms with E-state index in [9.17, 15) is 4.79 Å². The maximum absolute atomic E-state index is 10.6. The number of anilines is 1. The van der Waals surface area contributed by atoms with Gasteiger partial charge in [-0.3, -0.25) is 4.79 Å². The van der Waals surface area contributed by atoms with E-state index in [4.69, 9.17) is 6.57 Å². The first-order valence-corrected chi connectivity index (χ1v) is 3.83. The summed E-state index contributed by atoms with van der Waals surface area (Å²) in [6.45, 7) is 6.83. The Bertz CT molecular complexity index is 364.